The van der Waals surface area contributed by atoms with Crippen LogP contribution in [0.25, 0.3) is 0 Å². The van der Waals surface area contributed by atoms with Crippen molar-refractivity contribution in [2.24, 2.45) is 0 Å². The van der Waals surface area contributed by atoms with E-state index in [4.69, 9.17) is 16.0 Å². The number of aryl methyl sites for hydroxylation is 1. The first kappa shape index (κ1) is 11.9. The molecule has 6 heteroatoms. The second-order valence-electron chi connectivity index (χ2n) is 3.48. The number of aromatic nitrogens is 3. The van der Waals surface area contributed by atoms with Crippen LogP contribution in [0, 0.1) is 0 Å². The number of hydrogen-bond acceptors (Lipinski definition) is 5. The molecule has 1 N–H and O–H groups in total. The summed E-state index contributed by atoms with van der Waals surface area (Å²) in [5, 5.41) is 10.8. The van der Waals surface area contributed by atoms with Crippen molar-refractivity contribution in [3.63, 3.8) is 0 Å². The van der Waals surface area contributed by atoms with Gasteiger partial charge in [0.05, 0.1) is 0 Å². The van der Waals surface area contributed by atoms with E-state index in [0.717, 1.165) is 13.0 Å². The molecule has 0 aliphatic carbocycles. The molecule has 0 amide bonds. The number of anilines is 1. The molecule has 2 rings (SSSR count). The minimum absolute atomic E-state index is 0.439. The summed E-state index contributed by atoms with van der Waals surface area (Å²) in [5.74, 6) is 1.04. The molecular weight excluding hydrogens is 240 g/mol. The van der Waals surface area contributed by atoms with Crippen molar-refractivity contribution in [2.75, 3.05) is 17.7 Å². The Morgan fingerprint density at radius 3 is 3.00 bits per heavy atom. The molecule has 0 aromatic carbocycles. The first-order valence-corrected chi connectivity index (χ1v) is 5.93. The monoisotopic (exact) mass is 252 g/mol. The average molecular weight is 253 g/mol. The van der Waals surface area contributed by atoms with Gasteiger partial charge in [0, 0.05) is 31.2 Å². The molecule has 2 aromatic heterocycles. The Labute approximate surface area is 104 Å². The smallest absolute Gasteiger partial charge is 0.315 e. The fraction of sp³-hybridized carbons (Fsp3) is 0.364. The lowest BCUT2D eigenvalue weighted by Crippen LogP contribution is -2.05. The number of hydrogen-bond donors (Lipinski definition) is 1. The van der Waals surface area contributed by atoms with Crippen LogP contribution < -0.4 is 5.32 Å². The van der Waals surface area contributed by atoms with E-state index in [1.54, 1.807) is 6.20 Å². The summed E-state index contributed by atoms with van der Waals surface area (Å²) in [7, 11) is 0. The molecule has 2 aromatic rings. The second kappa shape index (κ2) is 6.20. The van der Waals surface area contributed by atoms with Crippen LogP contribution in [0.2, 0.25) is 0 Å². The van der Waals surface area contributed by atoms with E-state index >= 15 is 0 Å². The molecule has 0 radical (unpaired) electrons. The van der Waals surface area contributed by atoms with E-state index < -0.39 is 0 Å². The maximum Gasteiger partial charge on any atom is 0.315 e. The van der Waals surface area contributed by atoms with Crippen molar-refractivity contribution in [1.82, 2.24) is 15.2 Å². The molecule has 0 fully saturated rings. The lowest BCUT2D eigenvalue weighted by molar-refractivity contribution is 0.512. The zero-order chi connectivity index (χ0) is 11.9. The number of alkyl halides is 1. The van der Waals surface area contributed by atoms with Gasteiger partial charge in [-0.25, -0.2) is 0 Å². The first-order chi connectivity index (χ1) is 8.38. The molecule has 0 unspecified atom stereocenters. The standard InChI is InChI=1S/C11H13ClN4O/c12-5-3-10-15-16-11(17-10)14-7-4-9-2-1-6-13-8-9/h1-2,6,8H,3-5,7H2,(H,14,16). The Hall–Kier alpha value is -1.62. The highest BCUT2D eigenvalue weighted by Gasteiger charge is 2.04. The molecule has 5 nitrogen and oxygen atoms in total. The fourth-order valence-corrected chi connectivity index (χ4v) is 1.53. The molecule has 90 valence electrons. The Morgan fingerprint density at radius 2 is 2.24 bits per heavy atom. The Kier molecular flexibility index (Phi) is 4.32. The lowest BCUT2D eigenvalue weighted by Gasteiger charge is -2.00. The molecule has 0 aliphatic rings. The molecule has 17 heavy (non-hydrogen) atoms. The third-order valence-corrected chi connectivity index (χ3v) is 2.38. The molecule has 0 aliphatic heterocycles. The van der Waals surface area contributed by atoms with E-state index in [-0.39, 0.29) is 0 Å². The predicted molar refractivity (Wildman–Crippen MR) is 65.2 cm³/mol. The highest BCUT2D eigenvalue weighted by atomic mass is 35.5. The predicted octanol–water partition coefficient (Wildman–Crippen LogP) is 1.90. The largest absolute Gasteiger partial charge is 0.408 e. The van der Waals surface area contributed by atoms with Crippen LogP contribution in [-0.4, -0.2) is 27.6 Å². The summed E-state index contributed by atoms with van der Waals surface area (Å²) in [4.78, 5) is 4.04. The molecule has 0 saturated carbocycles. The summed E-state index contributed by atoms with van der Waals surface area (Å²) >= 11 is 5.57. The van der Waals surface area contributed by atoms with E-state index in [1.165, 1.54) is 5.56 Å². The van der Waals surface area contributed by atoms with Gasteiger partial charge >= 0.3 is 6.01 Å². The van der Waals surface area contributed by atoms with E-state index in [2.05, 4.69) is 20.5 Å². The SMILES string of the molecule is ClCCc1nnc(NCCc2cccnc2)o1. The van der Waals surface area contributed by atoms with Crippen molar-refractivity contribution in [2.45, 2.75) is 12.8 Å². The molecule has 0 atom stereocenters. The second-order valence-corrected chi connectivity index (χ2v) is 3.86. The third-order valence-electron chi connectivity index (χ3n) is 2.19. The van der Waals surface area contributed by atoms with E-state index in [0.29, 0.717) is 24.2 Å². The van der Waals surface area contributed by atoms with Crippen molar-refractivity contribution >= 4 is 17.6 Å². The van der Waals surface area contributed by atoms with Crippen LogP contribution in [0.3, 0.4) is 0 Å². The number of nitrogens with zero attached hydrogens (tertiary/aromatic N) is 3. The lowest BCUT2D eigenvalue weighted by atomic mass is 10.2. The minimum atomic E-state index is 0.439. The van der Waals surface area contributed by atoms with Crippen LogP contribution in [-0.2, 0) is 12.8 Å². The normalized spacial score (nSPS) is 10.4. The fourth-order valence-electron chi connectivity index (χ4n) is 1.37. The molecule has 0 saturated heterocycles. The highest BCUT2D eigenvalue weighted by molar-refractivity contribution is 6.17. The van der Waals surface area contributed by atoms with Crippen molar-refractivity contribution in [3.8, 4) is 0 Å². The van der Waals surface area contributed by atoms with Gasteiger partial charge in [-0.1, -0.05) is 11.2 Å². The van der Waals surface area contributed by atoms with Crippen molar-refractivity contribution < 1.29 is 4.42 Å². The summed E-state index contributed by atoms with van der Waals surface area (Å²) in [6.07, 6.45) is 5.06. The quantitative estimate of drug-likeness (QED) is 0.796. The minimum Gasteiger partial charge on any atom is -0.408 e. The van der Waals surface area contributed by atoms with Crippen LogP contribution in [0.4, 0.5) is 6.01 Å². The van der Waals surface area contributed by atoms with Gasteiger partial charge in [-0.2, -0.15) is 0 Å². The van der Waals surface area contributed by atoms with Gasteiger partial charge < -0.3 is 9.73 Å². The third kappa shape index (κ3) is 3.71. The van der Waals surface area contributed by atoms with Crippen LogP contribution in [0.15, 0.2) is 28.9 Å². The van der Waals surface area contributed by atoms with Gasteiger partial charge in [0.2, 0.25) is 5.89 Å². The van der Waals surface area contributed by atoms with Gasteiger partial charge in [-0.05, 0) is 18.1 Å². The van der Waals surface area contributed by atoms with Crippen molar-refractivity contribution in [3.05, 3.63) is 36.0 Å². The number of rotatable bonds is 6. The molecule has 2 heterocycles. The summed E-state index contributed by atoms with van der Waals surface area (Å²) in [6.45, 7) is 0.730. The van der Waals surface area contributed by atoms with Crippen LogP contribution >= 0.6 is 11.6 Å². The van der Waals surface area contributed by atoms with Crippen molar-refractivity contribution in [1.29, 1.82) is 0 Å². The highest BCUT2D eigenvalue weighted by Crippen LogP contribution is 2.06. The van der Waals surface area contributed by atoms with E-state index in [9.17, 15) is 0 Å². The van der Waals surface area contributed by atoms with Crippen LogP contribution in [0.1, 0.15) is 11.5 Å². The maximum absolute atomic E-state index is 5.57. The molecule has 0 bridgehead atoms. The maximum atomic E-state index is 5.57. The topological polar surface area (TPSA) is 63.8 Å². The summed E-state index contributed by atoms with van der Waals surface area (Å²) in [5.41, 5.74) is 1.17. The number of nitrogens with one attached hydrogen (secondary N) is 1. The van der Waals surface area contributed by atoms with Gasteiger partial charge in [0.15, 0.2) is 0 Å². The molecular formula is C11H13ClN4O. The number of halogens is 1. The van der Waals surface area contributed by atoms with E-state index in [1.807, 2.05) is 18.3 Å². The van der Waals surface area contributed by atoms with Crippen LogP contribution in [0.5, 0.6) is 0 Å². The Bertz CT molecular complexity index is 446. The van der Waals surface area contributed by atoms with Gasteiger partial charge in [0.1, 0.15) is 0 Å². The Morgan fingerprint density at radius 1 is 1.29 bits per heavy atom. The van der Waals surface area contributed by atoms with Gasteiger partial charge in [-0.3, -0.25) is 4.98 Å². The first-order valence-electron chi connectivity index (χ1n) is 5.39. The summed E-state index contributed by atoms with van der Waals surface area (Å²) in [6, 6.07) is 4.39. The average Bonchev–Trinajstić information content (AvgIpc) is 2.79. The van der Waals surface area contributed by atoms with Gasteiger partial charge in [-0.15, -0.1) is 16.7 Å². The Balaban J connectivity index is 1.78. The zero-order valence-corrected chi connectivity index (χ0v) is 10.0. The van der Waals surface area contributed by atoms with Gasteiger partial charge in [0.25, 0.3) is 0 Å². The molecule has 0 spiro atoms. The zero-order valence-electron chi connectivity index (χ0n) is 9.27. The summed E-state index contributed by atoms with van der Waals surface area (Å²) < 4.78 is 5.33. The number of pyridine rings is 1.